The van der Waals surface area contributed by atoms with Crippen molar-refractivity contribution in [1.82, 2.24) is 4.31 Å². The fourth-order valence-corrected chi connectivity index (χ4v) is 3.11. The fraction of sp³-hybridized carbons (Fsp3) is 0.278. The number of carbonyl (C=O) groups excluding carboxylic acids is 1. The highest BCUT2D eigenvalue weighted by Crippen LogP contribution is 2.20. The number of ether oxygens (including phenoxy) is 1. The minimum atomic E-state index is -3.57. The molecule has 0 radical (unpaired) electrons. The molecule has 0 bridgehead atoms. The van der Waals surface area contributed by atoms with Crippen molar-refractivity contribution in [1.29, 1.82) is 0 Å². The zero-order valence-electron chi connectivity index (χ0n) is 15.3. The van der Waals surface area contributed by atoms with Crippen LogP contribution in [0.2, 0.25) is 0 Å². The lowest BCUT2D eigenvalue weighted by Crippen LogP contribution is -2.37. The normalized spacial score (nSPS) is 11.3. The van der Waals surface area contributed by atoms with Gasteiger partial charge in [0.15, 0.2) is 0 Å². The number of anilines is 2. The highest BCUT2D eigenvalue weighted by molar-refractivity contribution is 7.90. The summed E-state index contributed by atoms with van der Waals surface area (Å²) in [7, 11) is 0.817. The van der Waals surface area contributed by atoms with Gasteiger partial charge in [-0.3, -0.25) is 9.10 Å². The quantitative estimate of drug-likeness (QED) is 0.804. The Labute approximate surface area is 154 Å². The molecule has 0 heterocycles. The molecule has 8 heteroatoms. The Morgan fingerprint density at radius 3 is 2.31 bits per heavy atom. The van der Waals surface area contributed by atoms with E-state index in [9.17, 15) is 13.2 Å². The predicted octanol–water partition coefficient (Wildman–Crippen LogP) is 2.58. The zero-order valence-corrected chi connectivity index (χ0v) is 16.1. The van der Waals surface area contributed by atoms with Crippen molar-refractivity contribution in [2.45, 2.75) is 6.92 Å². The van der Waals surface area contributed by atoms with Crippen LogP contribution in [0.1, 0.15) is 17.3 Å². The molecular weight excluding hydrogens is 354 g/mol. The van der Waals surface area contributed by atoms with E-state index in [1.165, 1.54) is 21.1 Å². The van der Waals surface area contributed by atoms with Crippen LogP contribution in [0.3, 0.4) is 0 Å². The predicted molar refractivity (Wildman–Crippen MR) is 103 cm³/mol. The lowest BCUT2D eigenvalue weighted by molar-refractivity contribution is 0.102. The Kier molecular flexibility index (Phi) is 6.23. The molecule has 0 spiro atoms. The van der Waals surface area contributed by atoms with Gasteiger partial charge >= 0.3 is 10.2 Å². The van der Waals surface area contributed by atoms with Gasteiger partial charge in [-0.2, -0.15) is 12.7 Å². The summed E-state index contributed by atoms with van der Waals surface area (Å²) in [5.74, 6) is 0.388. The van der Waals surface area contributed by atoms with Crippen molar-refractivity contribution in [3.63, 3.8) is 0 Å². The maximum Gasteiger partial charge on any atom is 0.303 e. The van der Waals surface area contributed by atoms with Crippen LogP contribution in [0.15, 0.2) is 48.5 Å². The number of hydrogen-bond acceptors (Lipinski definition) is 4. The Morgan fingerprint density at radius 1 is 1.08 bits per heavy atom. The van der Waals surface area contributed by atoms with E-state index in [2.05, 4.69) is 5.32 Å². The van der Waals surface area contributed by atoms with Crippen LogP contribution < -0.4 is 14.4 Å². The van der Waals surface area contributed by atoms with Gasteiger partial charge in [-0.05, 0) is 43.3 Å². The van der Waals surface area contributed by atoms with Crippen molar-refractivity contribution in [2.75, 3.05) is 37.4 Å². The molecule has 2 aromatic rings. The summed E-state index contributed by atoms with van der Waals surface area (Å²) in [6.45, 7) is 2.43. The van der Waals surface area contributed by atoms with Gasteiger partial charge in [-0.15, -0.1) is 0 Å². The summed E-state index contributed by atoms with van der Waals surface area (Å²) < 4.78 is 32.0. The summed E-state index contributed by atoms with van der Waals surface area (Å²) in [6, 6.07) is 13.5. The summed E-state index contributed by atoms with van der Waals surface area (Å²) in [5, 5.41) is 2.80. The number of nitrogens with one attached hydrogen (secondary N) is 1. The standard InChI is InChI=1S/C18H23N3O4S/c1-5-25-17-8-6-7-15(13-17)19-18(22)14-9-11-16(12-10-14)21(4)26(23,24)20(2)3/h6-13H,5H2,1-4H3,(H,19,22). The van der Waals surface area contributed by atoms with Crippen LogP contribution in [-0.2, 0) is 10.2 Å². The smallest absolute Gasteiger partial charge is 0.303 e. The third-order valence-electron chi connectivity index (χ3n) is 3.70. The van der Waals surface area contributed by atoms with Crippen molar-refractivity contribution in [3.05, 3.63) is 54.1 Å². The van der Waals surface area contributed by atoms with Crippen molar-refractivity contribution >= 4 is 27.5 Å². The summed E-state index contributed by atoms with van der Waals surface area (Å²) in [6.07, 6.45) is 0. The van der Waals surface area contributed by atoms with E-state index < -0.39 is 10.2 Å². The molecule has 0 atom stereocenters. The number of amides is 1. The van der Waals surface area contributed by atoms with Crippen LogP contribution in [-0.4, -0.2) is 46.4 Å². The summed E-state index contributed by atoms with van der Waals surface area (Å²) in [4.78, 5) is 12.4. The van der Waals surface area contributed by atoms with Crippen LogP contribution in [0.25, 0.3) is 0 Å². The Bertz CT molecular complexity index is 864. The maximum absolute atomic E-state index is 12.4. The molecule has 0 saturated heterocycles. The van der Waals surface area contributed by atoms with Gasteiger partial charge < -0.3 is 10.1 Å². The molecule has 0 unspecified atom stereocenters. The maximum atomic E-state index is 12.4. The monoisotopic (exact) mass is 377 g/mol. The minimum Gasteiger partial charge on any atom is -0.494 e. The second-order valence-corrected chi connectivity index (χ2v) is 7.89. The number of nitrogens with zero attached hydrogens (tertiary/aromatic N) is 2. The van der Waals surface area contributed by atoms with Crippen LogP contribution >= 0.6 is 0 Å². The van der Waals surface area contributed by atoms with Crippen molar-refractivity contribution in [2.24, 2.45) is 0 Å². The zero-order chi connectivity index (χ0) is 19.3. The molecule has 0 aromatic heterocycles. The molecule has 7 nitrogen and oxygen atoms in total. The topological polar surface area (TPSA) is 79.0 Å². The molecule has 0 aliphatic rings. The molecule has 0 fully saturated rings. The van der Waals surface area contributed by atoms with Crippen LogP contribution in [0.4, 0.5) is 11.4 Å². The van der Waals surface area contributed by atoms with Crippen molar-refractivity contribution < 1.29 is 17.9 Å². The van der Waals surface area contributed by atoms with Gasteiger partial charge in [0.25, 0.3) is 5.91 Å². The average molecular weight is 377 g/mol. The van der Waals surface area contributed by atoms with Gasteiger partial charge in [0.05, 0.1) is 12.3 Å². The molecule has 0 aliphatic carbocycles. The first-order chi connectivity index (χ1) is 12.3. The third kappa shape index (κ3) is 4.53. The van der Waals surface area contributed by atoms with E-state index in [0.29, 0.717) is 29.3 Å². The first-order valence-electron chi connectivity index (χ1n) is 8.06. The lowest BCUT2D eigenvalue weighted by Gasteiger charge is -2.23. The molecule has 1 N–H and O–H groups in total. The van der Waals surface area contributed by atoms with E-state index in [0.717, 1.165) is 8.61 Å². The number of carbonyl (C=O) groups is 1. The van der Waals surface area contributed by atoms with Crippen LogP contribution in [0, 0.1) is 0 Å². The third-order valence-corrected chi connectivity index (χ3v) is 5.53. The van der Waals surface area contributed by atoms with Gasteiger partial charge in [0.2, 0.25) is 0 Å². The van der Waals surface area contributed by atoms with Gasteiger partial charge in [-0.25, -0.2) is 0 Å². The Hall–Kier alpha value is -2.58. The van der Waals surface area contributed by atoms with E-state index in [1.807, 2.05) is 13.0 Å². The molecule has 1 amide bonds. The van der Waals surface area contributed by atoms with Crippen LogP contribution in [0.5, 0.6) is 5.75 Å². The second kappa shape index (κ2) is 8.20. The van der Waals surface area contributed by atoms with Gasteiger partial charge in [-0.1, -0.05) is 6.07 Å². The highest BCUT2D eigenvalue weighted by Gasteiger charge is 2.21. The molecule has 2 rings (SSSR count). The number of hydrogen-bond donors (Lipinski definition) is 1. The van der Waals surface area contributed by atoms with Gasteiger partial charge in [0.1, 0.15) is 5.75 Å². The average Bonchev–Trinajstić information content (AvgIpc) is 2.61. The molecule has 26 heavy (non-hydrogen) atoms. The number of benzene rings is 2. The largest absolute Gasteiger partial charge is 0.494 e. The van der Waals surface area contributed by atoms with Gasteiger partial charge in [0, 0.05) is 38.5 Å². The number of rotatable bonds is 7. The Morgan fingerprint density at radius 2 is 1.73 bits per heavy atom. The molecular formula is C18H23N3O4S. The van der Waals surface area contributed by atoms with E-state index in [1.54, 1.807) is 42.5 Å². The fourth-order valence-electron chi connectivity index (χ4n) is 2.23. The highest BCUT2D eigenvalue weighted by atomic mass is 32.2. The van der Waals surface area contributed by atoms with E-state index >= 15 is 0 Å². The first kappa shape index (κ1) is 19.7. The molecule has 0 aliphatic heterocycles. The molecule has 2 aromatic carbocycles. The SMILES string of the molecule is CCOc1cccc(NC(=O)c2ccc(N(C)S(=O)(=O)N(C)C)cc2)c1. The molecule has 140 valence electrons. The van der Waals surface area contributed by atoms with Crippen molar-refractivity contribution in [3.8, 4) is 5.75 Å². The lowest BCUT2D eigenvalue weighted by atomic mass is 10.2. The minimum absolute atomic E-state index is 0.289. The first-order valence-corrected chi connectivity index (χ1v) is 9.46. The second-order valence-electron chi connectivity index (χ2n) is 5.72. The Balaban J connectivity index is 2.13. The summed E-state index contributed by atoms with van der Waals surface area (Å²) >= 11 is 0. The van der Waals surface area contributed by atoms with E-state index in [4.69, 9.17) is 4.74 Å². The molecule has 0 saturated carbocycles. The van der Waals surface area contributed by atoms with E-state index in [-0.39, 0.29) is 5.91 Å². The summed E-state index contributed by atoms with van der Waals surface area (Å²) in [5.41, 5.74) is 1.51.